The fourth-order valence-electron chi connectivity index (χ4n) is 1.71. The minimum absolute atomic E-state index is 0.237. The molecule has 0 aliphatic heterocycles. The maximum atomic E-state index is 12.2. The zero-order valence-corrected chi connectivity index (χ0v) is 12.5. The van der Waals surface area contributed by atoms with Gasteiger partial charge in [0.1, 0.15) is 0 Å². The van der Waals surface area contributed by atoms with Gasteiger partial charge in [0.2, 0.25) is 0 Å². The zero-order valence-electron chi connectivity index (χ0n) is 10.2. The van der Waals surface area contributed by atoms with Crippen molar-refractivity contribution in [2.75, 3.05) is 11.1 Å². The summed E-state index contributed by atoms with van der Waals surface area (Å²) < 4.78 is 0.882. The van der Waals surface area contributed by atoms with E-state index in [1.807, 2.05) is 19.1 Å². The van der Waals surface area contributed by atoms with Crippen molar-refractivity contribution in [3.8, 4) is 0 Å². The van der Waals surface area contributed by atoms with Crippen LogP contribution < -0.4 is 11.1 Å². The van der Waals surface area contributed by atoms with Gasteiger partial charge >= 0.3 is 0 Å². The molecule has 19 heavy (non-hydrogen) atoms. The molecule has 2 aromatic rings. The lowest BCUT2D eigenvalue weighted by molar-refractivity contribution is 0.102. The van der Waals surface area contributed by atoms with Crippen molar-refractivity contribution < 1.29 is 4.79 Å². The Kier molecular flexibility index (Phi) is 4.12. The minimum Gasteiger partial charge on any atom is -0.397 e. The van der Waals surface area contributed by atoms with Crippen LogP contribution in [0.3, 0.4) is 0 Å². The smallest absolute Gasteiger partial charge is 0.256 e. The minimum atomic E-state index is -0.237. The third kappa shape index (κ3) is 2.91. The number of nitrogens with two attached hydrogens (primary N) is 1. The Morgan fingerprint density at radius 2 is 1.95 bits per heavy atom. The lowest BCUT2D eigenvalue weighted by Crippen LogP contribution is -2.15. The lowest BCUT2D eigenvalue weighted by atomic mass is 10.1. The van der Waals surface area contributed by atoms with Gasteiger partial charge in [0.05, 0.1) is 16.4 Å². The van der Waals surface area contributed by atoms with Crippen molar-refractivity contribution in [1.29, 1.82) is 0 Å². The van der Waals surface area contributed by atoms with Gasteiger partial charge in [-0.05, 0) is 36.8 Å². The molecule has 2 rings (SSSR count). The molecule has 0 saturated carbocycles. The van der Waals surface area contributed by atoms with E-state index in [0.717, 1.165) is 10.0 Å². The number of para-hydroxylation sites is 1. The molecule has 98 valence electrons. The van der Waals surface area contributed by atoms with Crippen molar-refractivity contribution in [1.82, 2.24) is 0 Å². The zero-order chi connectivity index (χ0) is 14.0. The summed E-state index contributed by atoms with van der Waals surface area (Å²) in [5.41, 5.74) is 8.13. The molecule has 0 heterocycles. The number of carbonyl (C=O) groups excluding carboxylic acids is 1. The summed E-state index contributed by atoms with van der Waals surface area (Å²) in [6.07, 6.45) is 0. The standard InChI is InChI=1S/C14H12BrClN2O/c1-8-9(4-2-5-10(8)15)14(19)18-13-11(16)6-3-7-12(13)17/h2-7H,17H2,1H3,(H,18,19). The molecular formula is C14H12BrClN2O. The van der Waals surface area contributed by atoms with Gasteiger partial charge in [-0.25, -0.2) is 0 Å². The largest absolute Gasteiger partial charge is 0.397 e. The number of anilines is 2. The van der Waals surface area contributed by atoms with E-state index in [1.54, 1.807) is 24.3 Å². The summed E-state index contributed by atoms with van der Waals surface area (Å²) in [6, 6.07) is 10.6. The van der Waals surface area contributed by atoms with E-state index in [4.69, 9.17) is 17.3 Å². The van der Waals surface area contributed by atoms with E-state index in [-0.39, 0.29) is 5.91 Å². The van der Waals surface area contributed by atoms with Crippen LogP contribution in [-0.4, -0.2) is 5.91 Å². The summed E-state index contributed by atoms with van der Waals surface area (Å²) in [7, 11) is 0. The molecule has 0 aliphatic rings. The van der Waals surface area contributed by atoms with E-state index in [0.29, 0.717) is 22.0 Å². The molecule has 0 unspecified atom stereocenters. The molecule has 0 radical (unpaired) electrons. The molecule has 0 aromatic heterocycles. The van der Waals surface area contributed by atoms with Gasteiger partial charge in [-0.1, -0.05) is 39.7 Å². The molecule has 0 aliphatic carbocycles. The molecule has 0 spiro atoms. The van der Waals surface area contributed by atoms with Crippen LogP contribution >= 0.6 is 27.5 Å². The first-order valence-electron chi connectivity index (χ1n) is 5.61. The first-order chi connectivity index (χ1) is 9.00. The van der Waals surface area contributed by atoms with Crippen LogP contribution in [0.5, 0.6) is 0 Å². The Morgan fingerprint density at radius 1 is 1.26 bits per heavy atom. The van der Waals surface area contributed by atoms with Crippen LogP contribution in [0.15, 0.2) is 40.9 Å². The van der Waals surface area contributed by atoms with E-state index < -0.39 is 0 Å². The number of hydrogen-bond acceptors (Lipinski definition) is 2. The highest BCUT2D eigenvalue weighted by molar-refractivity contribution is 9.10. The normalized spacial score (nSPS) is 10.3. The van der Waals surface area contributed by atoms with Crippen LogP contribution in [0, 0.1) is 6.92 Å². The monoisotopic (exact) mass is 338 g/mol. The third-order valence-corrected chi connectivity index (χ3v) is 3.97. The number of hydrogen-bond donors (Lipinski definition) is 2. The number of halogens is 2. The second-order valence-corrected chi connectivity index (χ2v) is 5.33. The maximum absolute atomic E-state index is 12.2. The Hall–Kier alpha value is -1.52. The van der Waals surface area contributed by atoms with E-state index in [9.17, 15) is 4.79 Å². The number of amides is 1. The van der Waals surface area contributed by atoms with E-state index >= 15 is 0 Å². The van der Waals surface area contributed by atoms with Gasteiger partial charge in [0.15, 0.2) is 0 Å². The van der Waals surface area contributed by atoms with Crippen molar-refractivity contribution >= 4 is 44.8 Å². The van der Waals surface area contributed by atoms with Crippen LogP contribution in [-0.2, 0) is 0 Å². The first kappa shape index (κ1) is 13.9. The Bertz CT molecular complexity index is 623. The molecule has 0 saturated heterocycles. The number of benzene rings is 2. The van der Waals surface area contributed by atoms with E-state index in [1.165, 1.54) is 0 Å². The van der Waals surface area contributed by atoms with Crippen molar-refractivity contribution in [3.05, 3.63) is 57.0 Å². The van der Waals surface area contributed by atoms with Crippen LogP contribution in [0.1, 0.15) is 15.9 Å². The number of rotatable bonds is 2. The molecule has 1 amide bonds. The fraction of sp³-hybridized carbons (Fsp3) is 0.0714. The quantitative estimate of drug-likeness (QED) is 0.804. The Labute approximate surface area is 124 Å². The van der Waals surface area contributed by atoms with Crippen molar-refractivity contribution in [3.63, 3.8) is 0 Å². The maximum Gasteiger partial charge on any atom is 0.256 e. The van der Waals surface area contributed by atoms with Crippen LogP contribution in [0.4, 0.5) is 11.4 Å². The average molecular weight is 340 g/mol. The van der Waals surface area contributed by atoms with Gasteiger partial charge in [-0.15, -0.1) is 0 Å². The molecule has 5 heteroatoms. The topological polar surface area (TPSA) is 55.1 Å². The number of carbonyl (C=O) groups is 1. The highest BCUT2D eigenvalue weighted by Gasteiger charge is 2.13. The van der Waals surface area contributed by atoms with Crippen LogP contribution in [0.2, 0.25) is 5.02 Å². The fourth-order valence-corrected chi connectivity index (χ4v) is 2.30. The molecule has 0 bridgehead atoms. The summed E-state index contributed by atoms with van der Waals surface area (Å²) in [5, 5.41) is 3.16. The summed E-state index contributed by atoms with van der Waals surface area (Å²) >= 11 is 9.43. The predicted molar refractivity (Wildman–Crippen MR) is 82.7 cm³/mol. The first-order valence-corrected chi connectivity index (χ1v) is 6.78. The second kappa shape index (κ2) is 5.63. The highest BCUT2D eigenvalue weighted by atomic mass is 79.9. The van der Waals surface area contributed by atoms with Crippen LogP contribution in [0.25, 0.3) is 0 Å². The summed E-state index contributed by atoms with van der Waals surface area (Å²) in [6.45, 7) is 1.87. The SMILES string of the molecule is Cc1c(Br)cccc1C(=O)Nc1c(N)cccc1Cl. The third-order valence-electron chi connectivity index (χ3n) is 2.80. The van der Waals surface area contributed by atoms with Gasteiger partial charge < -0.3 is 11.1 Å². The molecule has 0 fully saturated rings. The average Bonchev–Trinajstić information content (AvgIpc) is 2.37. The van der Waals surface area contributed by atoms with Gasteiger partial charge in [-0.2, -0.15) is 0 Å². The van der Waals surface area contributed by atoms with Gasteiger partial charge in [-0.3, -0.25) is 4.79 Å². The highest BCUT2D eigenvalue weighted by Crippen LogP contribution is 2.29. The van der Waals surface area contributed by atoms with E-state index in [2.05, 4.69) is 21.2 Å². The molecular weight excluding hydrogens is 328 g/mol. The summed E-state index contributed by atoms with van der Waals surface area (Å²) in [5.74, 6) is -0.237. The van der Waals surface area contributed by atoms with Crippen molar-refractivity contribution in [2.24, 2.45) is 0 Å². The van der Waals surface area contributed by atoms with Crippen molar-refractivity contribution in [2.45, 2.75) is 6.92 Å². The van der Waals surface area contributed by atoms with Gasteiger partial charge in [0.25, 0.3) is 5.91 Å². The Morgan fingerprint density at radius 3 is 2.63 bits per heavy atom. The van der Waals surface area contributed by atoms with Gasteiger partial charge in [0, 0.05) is 10.0 Å². The number of nitrogens with one attached hydrogen (secondary N) is 1. The molecule has 2 aromatic carbocycles. The molecule has 3 N–H and O–H groups in total. The molecule has 0 atom stereocenters. The summed E-state index contributed by atoms with van der Waals surface area (Å²) in [4.78, 5) is 12.2. The predicted octanol–water partition coefficient (Wildman–Crippen LogP) is 4.25. The number of nitrogen functional groups attached to an aromatic ring is 1. The lowest BCUT2D eigenvalue weighted by Gasteiger charge is -2.12. The second-order valence-electron chi connectivity index (χ2n) is 4.07. The Balaban J connectivity index is 2.34. The molecule has 3 nitrogen and oxygen atoms in total.